The third-order valence-electron chi connectivity index (χ3n) is 4.51. The van der Waals surface area contributed by atoms with E-state index in [0.717, 1.165) is 12.1 Å². The highest BCUT2D eigenvalue weighted by molar-refractivity contribution is 7.92. The van der Waals surface area contributed by atoms with Gasteiger partial charge in [-0.05, 0) is 75.4 Å². The van der Waals surface area contributed by atoms with E-state index in [1.165, 1.54) is 24.3 Å². The summed E-state index contributed by atoms with van der Waals surface area (Å²) in [5.41, 5.74) is 0.476. The molecule has 0 unspecified atom stereocenters. The van der Waals surface area contributed by atoms with Crippen molar-refractivity contribution in [2.45, 2.75) is 31.2 Å². The average Bonchev–Trinajstić information content (AvgIpc) is 2.75. The van der Waals surface area contributed by atoms with Crippen LogP contribution in [0.1, 0.15) is 41.5 Å². The molecule has 7 nitrogen and oxygen atoms in total. The normalized spacial score (nSPS) is 11.6. The molecular weight excluding hydrogens is 464 g/mol. The van der Waals surface area contributed by atoms with E-state index in [1.807, 2.05) is 20.8 Å². The Kier molecular flexibility index (Phi) is 7.01. The second-order valence-corrected chi connectivity index (χ2v) is 10.1. The predicted molar refractivity (Wildman–Crippen MR) is 125 cm³/mol. The molecule has 0 fully saturated rings. The monoisotopic (exact) mass is 487 g/mol. The third kappa shape index (κ3) is 6.16. The Bertz CT molecular complexity index is 1340. The quantitative estimate of drug-likeness (QED) is 0.475. The van der Waals surface area contributed by atoms with Crippen LogP contribution in [-0.4, -0.2) is 25.8 Å². The van der Waals surface area contributed by atoms with Crippen LogP contribution in [0.4, 0.5) is 20.2 Å². The summed E-state index contributed by atoms with van der Waals surface area (Å²) >= 11 is 0. The van der Waals surface area contributed by atoms with Crippen LogP contribution in [0.2, 0.25) is 0 Å². The number of halogens is 2. The molecule has 34 heavy (non-hydrogen) atoms. The Morgan fingerprint density at radius 3 is 2.09 bits per heavy atom. The van der Waals surface area contributed by atoms with Crippen LogP contribution in [0, 0.1) is 11.6 Å². The van der Waals surface area contributed by atoms with Gasteiger partial charge in [-0.2, -0.15) is 0 Å². The van der Waals surface area contributed by atoms with E-state index in [9.17, 15) is 26.8 Å². The first-order valence-corrected chi connectivity index (χ1v) is 11.6. The van der Waals surface area contributed by atoms with E-state index >= 15 is 0 Å². The number of carbonyl (C=O) groups is 2. The molecule has 0 spiro atoms. The van der Waals surface area contributed by atoms with E-state index in [2.05, 4.69) is 15.4 Å². The molecule has 0 heterocycles. The van der Waals surface area contributed by atoms with Gasteiger partial charge in [-0.3, -0.25) is 14.3 Å². The minimum atomic E-state index is -4.17. The van der Waals surface area contributed by atoms with Crippen molar-refractivity contribution in [1.29, 1.82) is 0 Å². The number of rotatable bonds is 6. The summed E-state index contributed by atoms with van der Waals surface area (Å²) in [7, 11) is -4.17. The first-order chi connectivity index (χ1) is 15.9. The number of sulfonamides is 1. The van der Waals surface area contributed by atoms with Crippen LogP contribution >= 0.6 is 0 Å². The van der Waals surface area contributed by atoms with Crippen LogP contribution in [0.25, 0.3) is 0 Å². The molecule has 3 N–H and O–H groups in total. The summed E-state index contributed by atoms with van der Waals surface area (Å²) in [5.74, 6) is -3.30. The molecule has 0 aliphatic carbocycles. The zero-order valence-corrected chi connectivity index (χ0v) is 19.5. The molecule has 2 amide bonds. The number of para-hydroxylation sites is 1. The van der Waals surface area contributed by atoms with Crippen LogP contribution in [-0.2, 0) is 10.0 Å². The summed E-state index contributed by atoms with van der Waals surface area (Å²) in [5, 5.41) is 5.52. The van der Waals surface area contributed by atoms with Gasteiger partial charge in [0.05, 0.1) is 16.1 Å². The zero-order valence-electron chi connectivity index (χ0n) is 18.6. The Balaban J connectivity index is 1.74. The number of nitrogens with one attached hydrogen (secondary N) is 3. The predicted octanol–water partition coefficient (Wildman–Crippen LogP) is 4.55. The molecule has 0 saturated carbocycles. The number of amides is 2. The smallest absolute Gasteiger partial charge is 0.261 e. The first kappa shape index (κ1) is 24.8. The van der Waals surface area contributed by atoms with Gasteiger partial charge in [-0.1, -0.05) is 12.1 Å². The van der Waals surface area contributed by atoms with Crippen LogP contribution in [0.15, 0.2) is 71.6 Å². The van der Waals surface area contributed by atoms with E-state index in [-0.39, 0.29) is 17.2 Å². The molecule has 10 heteroatoms. The van der Waals surface area contributed by atoms with Gasteiger partial charge in [0.1, 0.15) is 0 Å². The lowest BCUT2D eigenvalue weighted by Gasteiger charge is -2.21. The number of hydrogen-bond acceptors (Lipinski definition) is 4. The molecule has 0 bridgehead atoms. The van der Waals surface area contributed by atoms with Gasteiger partial charge in [-0.15, -0.1) is 0 Å². The topological polar surface area (TPSA) is 104 Å². The van der Waals surface area contributed by atoms with Gasteiger partial charge in [0.2, 0.25) is 0 Å². The van der Waals surface area contributed by atoms with Crippen molar-refractivity contribution in [3.05, 3.63) is 89.5 Å². The standard InChI is InChI=1S/C24H23F2N3O4S/c1-24(2,3)28-23(31)18-6-4-5-7-21(18)27-22(30)15-8-10-16(11-9-15)29-34(32,33)17-12-13-19(25)20(26)14-17/h4-14,29H,1-3H3,(H,27,30)(H,28,31). The van der Waals surface area contributed by atoms with E-state index in [0.29, 0.717) is 17.3 Å². The summed E-state index contributed by atoms with van der Waals surface area (Å²) in [6, 6.07) is 14.3. The van der Waals surface area contributed by atoms with Gasteiger partial charge < -0.3 is 10.6 Å². The van der Waals surface area contributed by atoms with Crippen molar-refractivity contribution < 1.29 is 26.8 Å². The van der Waals surface area contributed by atoms with Gasteiger partial charge in [0.25, 0.3) is 21.8 Å². The molecule has 3 aromatic rings. The fraction of sp³-hybridized carbons (Fsp3) is 0.167. The zero-order chi connectivity index (χ0) is 25.1. The van der Waals surface area contributed by atoms with Gasteiger partial charge in [0.15, 0.2) is 11.6 Å². The Hall–Kier alpha value is -3.79. The Labute approximate surface area is 196 Å². The highest BCUT2D eigenvalue weighted by Crippen LogP contribution is 2.21. The molecule has 0 radical (unpaired) electrons. The van der Waals surface area contributed by atoms with Gasteiger partial charge in [-0.25, -0.2) is 17.2 Å². The van der Waals surface area contributed by atoms with E-state index in [4.69, 9.17) is 0 Å². The summed E-state index contributed by atoms with van der Waals surface area (Å²) in [6.45, 7) is 5.53. The maximum Gasteiger partial charge on any atom is 0.261 e. The van der Waals surface area contributed by atoms with Gasteiger partial charge >= 0.3 is 0 Å². The van der Waals surface area contributed by atoms with Crippen molar-refractivity contribution in [2.75, 3.05) is 10.0 Å². The summed E-state index contributed by atoms with van der Waals surface area (Å²) < 4.78 is 53.5. The van der Waals surface area contributed by atoms with E-state index in [1.54, 1.807) is 24.3 Å². The molecular formula is C24H23F2N3O4S. The molecule has 0 aliphatic rings. The van der Waals surface area contributed by atoms with Crippen molar-refractivity contribution in [3.8, 4) is 0 Å². The fourth-order valence-corrected chi connectivity index (χ4v) is 4.01. The van der Waals surface area contributed by atoms with E-state index < -0.39 is 38.0 Å². The van der Waals surface area contributed by atoms with Crippen molar-refractivity contribution in [1.82, 2.24) is 5.32 Å². The Morgan fingerprint density at radius 2 is 1.47 bits per heavy atom. The lowest BCUT2D eigenvalue weighted by atomic mass is 10.1. The second-order valence-electron chi connectivity index (χ2n) is 8.46. The minimum absolute atomic E-state index is 0.117. The fourth-order valence-electron chi connectivity index (χ4n) is 2.94. The minimum Gasteiger partial charge on any atom is -0.347 e. The molecule has 0 aliphatic heterocycles. The van der Waals surface area contributed by atoms with Crippen molar-refractivity contribution in [2.24, 2.45) is 0 Å². The molecule has 0 saturated heterocycles. The average molecular weight is 488 g/mol. The SMILES string of the molecule is CC(C)(C)NC(=O)c1ccccc1NC(=O)c1ccc(NS(=O)(=O)c2ccc(F)c(F)c2)cc1. The number of hydrogen-bond donors (Lipinski definition) is 3. The molecule has 3 rings (SSSR count). The molecule has 3 aromatic carbocycles. The lowest BCUT2D eigenvalue weighted by molar-refractivity contribution is 0.0920. The lowest BCUT2D eigenvalue weighted by Crippen LogP contribution is -2.40. The van der Waals surface area contributed by atoms with Crippen molar-refractivity contribution >= 4 is 33.2 Å². The van der Waals surface area contributed by atoms with Gasteiger partial charge in [0, 0.05) is 16.8 Å². The number of benzene rings is 3. The van der Waals surface area contributed by atoms with Crippen LogP contribution in [0.3, 0.4) is 0 Å². The maximum absolute atomic E-state index is 13.4. The highest BCUT2D eigenvalue weighted by atomic mass is 32.2. The highest BCUT2D eigenvalue weighted by Gasteiger charge is 2.20. The summed E-state index contributed by atoms with van der Waals surface area (Å²) in [4.78, 5) is 24.8. The third-order valence-corrected chi connectivity index (χ3v) is 5.89. The summed E-state index contributed by atoms with van der Waals surface area (Å²) in [6.07, 6.45) is 0. The molecule has 0 atom stereocenters. The first-order valence-electron chi connectivity index (χ1n) is 10.2. The number of carbonyl (C=O) groups excluding carboxylic acids is 2. The molecule has 0 aromatic heterocycles. The second kappa shape index (κ2) is 9.60. The molecule has 178 valence electrons. The van der Waals surface area contributed by atoms with Crippen LogP contribution in [0.5, 0.6) is 0 Å². The maximum atomic E-state index is 13.4. The largest absolute Gasteiger partial charge is 0.347 e. The Morgan fingerprint density at radius 1 is 0.824 bits per heavy atom. The van der Waals surface area contributed by atoms with Crippen molar-refractivity contribution in [3.63, 3.8) is 0 Å². The van der Waals surface area contributed by atoms with Crippen LogP contribution < -0.4 is 15.4 Å². The number of anilines is 2.